The van der Waals surface area contributed by atoms with E-state index < -0.39 is 12.0 Å². The van der Waals surface area contributed by atoms with Crippen LogP contribution in [0.25, 0.3) is 0 Å². The van der Waals surface area contributed by atoms with E-state index in [-0.39, 0.29) is 17.4 Å². The van der Waals surface area contributed by atoms with E-state index in [9.17, 15) is 9.50 Å². The molecule has 2 nitrogen and oxygen atoms in total. The maximum absolute atomic E-state index is 13.3. The van der Waals surface area contributed by atoms with E-state index in [1.165, 1.54) is 12.1 Å². The van der Waals surface area contributed by atoms with Gasteiger partial charge in [-0.2, -0.15) is 0 Å². The van der Waals surface area contributed by atoms with Gasteiger partial charge in [0.25, 0.3) is 0 Å². The van der Waals surface area contributed by atoms with Gasteiger partial charge in [-0.15, -0.1) is 0 Å². The summed E-state index contributed by atoms with van der Waals surface area (Å²) in [5.41, 5.74) is 6.83. The summed E-state index contributed by atoms with van der Waals surface area (Å²) in [6, 6.07) is 11.0. The average molecular weight is 314 g/mol. The predicted molar refractivity (Wildman–Crippen MR) is 79.6 cm³/mol. The number of aliphatic hydroxyl groups excluding tert-OH is 1. The fraction of sp³-hybridized carbons (Fsp3) is 0.200. The van der Waals surface area contributed by atoms with Gasteiger partial charge in [0.05, 0.1) is 16.1 Å². The van der Waals surface area contributed by atoms with Crippen LogP contribution in [-0.2, 0) is 0 Å². The van der Waals surface area contributed by atoms with Crippen molar-refractivity contribution in [3.8, 4) is 0 Å². The van der Waals surface area contributed by atoms with Crippen molar-refractivity contribution in [3.63, 3.8) is 0 Å². The second-order valence-corrected chi connectivity index (χ2v) is 5.27. The quantitative estimate of drug-likeness (QED) is 0.899. The Morgan fingerprint density at radius 3 is 2.50 bits per heavy atom. The molecule has 0 amide bonds. The largest absolute Gasteiger partial charge is 0.388 e. The van der Waals surface area contributed by atoms with Crippen LogP contribution < -0.4 is 5.73 Å². The van der Waals surface area contributed by atoms with Gasteiger partial charge in [0.1, 0.15) is 5.82 Å². The molecule has 20 heavy (non-hydrogen) atoms. The first-order valence-corrected chi connectivity index (χ1v) is 6.87. The molecule has 0 aliphatic carbocycles. The second kappa shape index (κ2) is 6.55. The molecule has 0 aromatic heterocycles. The fourth-order valence-electron chi connectivity index (χ4n) is 2.15. The van der Waals surface area contributed by atoms with Crippen molar-refractivity contribution >= 4 is 23.2 Å². The monoisotopic (exact) mass is 313 g/mol. The van der Waals surface area contributed by atoms with Crippen molar-refractivity contribution in [2.75, 3.05) is 6.54 Å². The molecular formula is C15H14Cl2FNO. The molecule has 2 unspecified atom stereocenters. The number of rotatable bonds is 4. The highest BCUT2D eigenvalue weighted by atomic mass is 35.5. The van der Waals surface area contributed by atoms with Crippen LogP contribution in [0.15, 0.2) is 42.5 Å². The first-order chi connectivity index (χ1) is 9.54. The molecule has 0 heterocycles. The molecule has 106 valence electrons. The summed E-state index contributed by atoms with van der Waals surface area (Å²) in [6.07, 6.45) is -0.951. The van der Waals surface area contributed by atoms with Gasteiger partial charge < -0.3 is 10.8 Å². The third-order valence-electron chi connectivity index (χ3n) is 3.21. The Bertz CT molecular complexity index is 606. The lowest BCUT2D eigenvalue weighted by Gasteiger charge is -2.23. The van der Waals surface area contributed by atoms with Crippen LogP contribution in [0, 0.1) is 5.82 Å². The van der Waals surface area contributed by atoms with Crippen molar-refractivity contribution in [3.05, 3.63) is 69.5 Å². The van der Waals surface area contributed by atoms with Crippen LogP contribution in [0.3, 0.4) is 0 Å². The first kappa shape index (κ1) is 15.3. The Morgan fingerprint density at radius 1 is 1.15 bits per heavy atom. The highest BCUT2D eigenvalue weighted by Crippen LogP contribution is 2.36. The number of aliphatic hydroxyl groups is 1. The Balaban J connectivity index is 2.39. The van der Waals surface area contributed by atoms with Gasteiger partial charge in [-0.1, -0.05) is 47.5 Å². The van der Waals surface area contributed by atoms with Crippen LogP contribution in [-0.4, -0.2) is 11.7 Å². The van der Waals surface area contributed by atoms with E-state index in [1.54, 1.807) is 30.3 Å². The number of hydrogen-bond acceptors (Lipinski definition) is 2. The molecule has 0 saturated carbocycles. The van der Waals surface area contributed by atoms with Crippen LogP contribution in [0.2, 0.25) is 10.0 Å². The average Bonchev–Trinajstić information content (AvgIpc) is 2.42. The summed E-state index contributed by atoms with van der Waals surface area (Å²) in [5, 5.41) is 11.1. The highest BCUT2D eigenvalue weighted by Gasteiger charge is 2.24. The Morgan fingerprint density at radius 2 is 1.85 bits per heavy atom. The summed E-state index contributed by atoms with van der Waals surface area (Å²) in [5.74, 6) is -0.827. The molecule has 0 spiro atoms. The number of halogens is 3. The molecular weight excluding hydrogens is 300 g/mol. The Hall–Kier alpha value is -1.13. The van der Waals surface area contributed by atoms with E-state index in [0.29, 0.717) is 16.1 Å². The van der Waals surface area contributed by atoms with Crippen molar-refractivity contribution in [2.45, 2.75) is 12.0 Å². The van der Waals surface area contributed by atoms with Crippen molar-refractivity contribution in [1.82, 2.24) is 0 Å². The lowest BCUT2D eigenvalue weighted by Crippen LogP contribution is -2.20. The fourth-order valence-corrected chi connectivity index (χ4v) is 2.57. The summed E-state index contributed by atoms with van der Waals surface area (Å²) >= 11 is 12.0. The minimum Gasteiger partial charge on any atom is -0.388 e. The van der Waals surface area contributed by atoms with Gasteiger partial charge in [-0.05, 0) is 23.8 Å². The van der Waals surface area contributed by atoms with Crippen LogP contribution in [0.1, 0.15) is 23.1 Å². The molecule has 0 aliphatic rings. The SMILES string of the molecule is NCC(c1cccc(F)c1)C(O)c1cccc(Cl)c1Cl. The molecule has 2 atom stereocenters. The maximum atomic E-state index is 13.3. The zero-order chi connectivity index (χ0) is 14.7. The highest BCUT2D eigenvalue weighted by molar-refractivity contribution is 6.42. The lowest BCUT2D eigenvalue weighted by molar-refractivity contribution is 0.147. The topological polar surface area (TPSA) is 46.2 Å². The predicted octanol–water partition coefficient (Wildman–Crippen LogP) is 3.91. The first-order valence-electron chi connectivity index (χ1n) is 6.12. The normalized spacial score (nSPS) is 14.1. The summed E-state index contributed by atoms with van der Waals surface area (Å²) in [4.78, 5) is 0. The van der Waals surface area contributed by atoms with Crippen molar-refractivity contribution < 1.29 is 9.50 Å². The molecule has 0 fully saturated rings. The zero-order valence-corrected chi connectivity index (χ0v) is 12.1. The van der Waals surface area contributed by atoms with Crippen LogP contribution in [0.4, 0.5) is 4.39 Å². The molecule has 3 N–H and O–H groups in total. The molecule has 0 aliphatic heterocycles. The third kappa shape index (κ3) is 3.13. The van der Waals surface area contributed by atoms with E-state index in [4.69, 9.17) is 28.9 Å². The van der Waals surface area contributed by atoms with E-state index in [1.807, 2.05) is 0 Å². The van der Waals surface area contributed by atoms with Gasteiger partial charge in [-0.25, -0.2) is 4.39 Å². The van der Waals surface area contributed by atoms with Crippen LogP contribution >= 0.6 is 23.2 Å². The van der Waals surface area contributed by atoms with Crippen LogP contribution in [0.5, 0.6) is 0 Å². The zero-order valence-electron chi connectivity index (χ0n) is 10.6. The van der Waals surface area contributed by atoms with Gasteiger partial charge in [0.2, 0.25) is 0 Å². The lowest BCUT2D eigenvalue weighted by atomic mass is 9.89. The minimum absolute atomic E-state index is 0.160. The van der Waals surface area contributed by atoms with Gasteiger partial charge >= 0.3 is 0 Å². The van der Waals surface area contributed by atoms with Crippen molar-refractivity contribution in [1.29, 1.82) is 0 Å². The number of nitrogens with two attached hydrogens (primary N) is 1. The van der Waals surface area contributed by atoms with Gasteiger partial charge in [0, 0.05) is 18.0 Å². The number of benzene rings is 2. The van der Waals surface area contributed by atoms with Gasteiger partial charge in [-0.3, -0.25) is 0 Å². The summed E-state index contributed by atoms with van der Waals surface area (Å²) < 4.78 is 13.3. The van der Waals surface area contributed by atoms with Crippen molar-refractivity contribution in [2.24, 2.45) is 5.73 Å². The summed E-state index contributed by atoms with van der Waals surface area (Å²) in [6.45, 7) is 0.160. The van der Waals surface area contributed by atoms with E-state index in [0.717, 1.165) is 0 Å². The Kier molecular flexibility index (Phi) is 5.00. The number of hydrogen-bond donors (Lipinski definition) is 2. The smallest absolute Gasteiger partial charge is 0.123 e. The molecule has 0 radical (unpaired) electrons. The van der Waals surface area contributed by atoms with Gasteiger partial charge in [0.15, 0.2) is 0 Å². The molecule has 0 saturated heterocycles. The molecule has 0 bridgehead atoms. The maximum Gasteiger partial charge on any atom is 0.123 e. The molecule has 2 aromatic carbocycles. The second-order valence-electron chi connectivity index (χ2n) is 4.49. The molecule has 2 aromatic rings. The molecule has 2 rings (SSSR count). The van der Waals surface area contributed by atoms with E-state index in [2.05, 4.69) is 0 Å². The third-order valence-corrected chi connectivity index (χ3v) is 4.05. The van der Waals surface area contributed by atoms with E-state index >= 15 is 0 Å². The molecule has 5 heteroatoms. The standard InChI is InChI=1S/C15H14Cl2FNO/c16-13-6-2-5-11(14(13)17)15(20)12(8-19)9-3-1-4-10(18)7-9/h1-7,12,15,20H,8,19H2. The Labute approximate surface area is 126 Å². The summed E-state index contributed by atoms with van der Waals surface area (Å²) in [7, 11) is 0. The minimum atomic E-state index is -0.951.